The summed E-state index contributed by atoms with van der Waals surface area (Å²) in [5.74, 6) is 0.625. The number of rotatable bonds is 7. The minimum absolute atomic E-state index is 0.0330. The molecular weight excluding hydrogens is 399 g/mol. The van der Waals surface area contributed by atoms with Crippen molar-refractivity contribution in [3.8, 4) is 5.75 Å². The summed E-state index contributed by atoms with van der Waals surface area (Å²) in [6.45, 7) is 2.77. The van der Waals surface area contributed by atoms with E-state index in [4.69, 9.17) is 27.9 Å². The Morgan fingerprint density at radius 3 is 2.75 bits per heavy atom. The quantitative estimate of drug-likeness (QED) is 0.469. The van der Waals surface area contributed by atoms with Gasteiger partial charge in [0.2, 0.25) is 0 Å². The van der Waals surface area contributed by atoms with E-state index in [9.17, 15) is 4.79 Å². The average Bonchev–Trinajstić information content (AvgIpc) is 3.19. The Balaban J connectivity index is 1.51. The highest BCUT2D eigenvalue weighted by Gasteiger charge is 2.30. The van der Waals surface area contributed by atoms with Gasteiger partial charge in [-0.3, -0.25) is 4.79 Å². The third-order valence-electron chi connectivity index (χ3n) is 4.32. The molecule has 3 N–H and O–H groups in total. The summed E-state index contributed by atoms with van der Waals surface area (Å²) in [7, 11) is 0. The van der Waals surface area contributed by atoms with Crippen molar-refractivity contribution in [3.63, 3.8) is 0 Å². The number of nitrogens with zero attached hydrogens (tertiary/aromatic N) is 1. The smallest absolute Gasteiger partial charge is 0.258 e. The van der Waals surface area contributed by atoms with Crippen LogP contribution >= 0.6 is 23.2 Å². The summed E-state index contributed by atoms with van der Waals surface area (Å²) >= 11 is 11.9. The van der Waals surface area contributed by atoms with Crippen molar-refractivity contribution >= 4 is 35.3 Å². The van der Waals surface area contributed by atoms with E-state index in [2.05, 4.69) is 28.3 Å². The minimum atomic E-state index is -0.390. The summed E-state index contributed by atoms with van der Waals surface area (Å²) in [6.07, 6.45) is 3.07. The standard InChI is InChI=1S/C20H22Cl2N4O2/c1-2-9-28-16-7-4-13(5-8-16)18-11-19(25-24-18)20(27)26-23-12-14-3-6-15(21)10-17(14)22/h3-8,10,12,18-19,24-25H,2,9,11H2,1H3,(H,26,27)/b23-12+. The molecule has 1 fully saturated rings. The monoisotopic (exact) mass is 420 g/mol. The van der Waals surface area contributed by atoms with Crippen LogP contribution in [0.2, 0.25) is 10.0 Å². The van der Waals surface area contributed by atoms with Gasteiger partial charge in [-0.2, -0.15) is 5.10 Å². The first kappa shape index (κ1) is 20.6. The third-order valence-corrected chi connectivity index (χ3v) is 4.88. The number of halogens is 2. The van der Waals surface area contributed by atoms with Gasteiger partial charge in [0.1, 0.15) is 11.8 Å². The van der Waals surface area contributed by atoms with Crippen LogP contribution in [0.4, 0.5) is 0 Å². The predicted molar refractivity (Wildman–Crippen MR) is 112 cm³/mol. The lowest BCUT2D eigenvalue weighted by Crippen LogP contribution is -2.41. The van der Waals surface area contributed by atoms with Gasteiger partial charge in [0.15, 0.2) is 0 Å². The zero-order valence-corrected chi connectivity index (χ0v) is 16.9. The number of hydrazone groups is 1. The Labute approximate surface area is 174 Å². The number of hydrogen-bond donors (Lipinski definition) is 3. The first-order valence-electron chi connectivity index (χ1n) is 9.08. The van der Waals surface area contributed by atoms with Gasteiger partial charge in [-0.15, -0.1) is 0 Å². The molecule has 2 unspecified atom stereocenters. The molecule has 0 aromatic heterocycles. The minimum Gasteiger partial charge on any atom is -0.494 e. The van der Waals surface area contributed by atoms with Crippen LogP contribution in [0.1, 0.15) is 36.9 Å². The molecular formula is C20H22Cl2N4O2. The van der Waals surface area contributed by atoms with Gasteiger partial charge in [0, 0.05) is 16.6 Å². The summed E-state index contributed by atoms with van der Waals surface area (Å²) in [5, 5.41) is 4.99. The summed E-state index contributed by atoms with van der Waals surface area (Å²) in [5.41, 5.74) is 10.5. The number of benzene rings is 2. The molecule has 8 heteroatoms. The van der Waals surface area contributed by atoms with Crippen LogP contribution in [0, 0.1) is 0 Å². The molecule has 1 aliphatic heterocycles. The van der Waals surface area contributed by atoms with E-state index >= 15 is 0 Å². The number of amides is 1. The highest BCUT2D eigenvalue weighted by Crippen LogP contribution is 2.24. The van der Waals surface area contributed by atoms with Crippen molar-refractivity contribution < 1.29 is 9.53 Å². The molecule has 0 aliphatic carbocycles. The number of carbonyl (C=O) groups is 1. The van der Waals surface area contributed by atoms with E-state index in [0.29, 0.717) is 28.6 Å². The van der Waals surface area contributed by atoms with Gasteiger partial charge in [0.25, 0.3) is 5.91 Å². The van der Waals surface area contributed by atoms with Crippen molar-refractivity contribution in [1.82, 2.24) is 16.3 Å². The van der Waals surface area contributed by atoms with E-state index in [0.717, 1.165) is 17.7 Å². The van der Waals surface area contributed by atoms with Gasteiger partial charge in [-0.1, -0.05) is 48.3 Å². The maximum atomic E-state index is 12.3. The fourth-order valence-corrected chi connectivity index (χ4v) is 3.27. The summed E-state index contributed by atoms with van der Waals surface area (Å²) < 4.78 is 5.60. The van der Waals surface area contributed by atoms with Crippen LogP contribution < -0.4 is 21.0 Å². The van der Waals surface area contributed by atoms with Crippen LogP contribution in [-0.2, 0) is 4.79 Å². The van der Waals surface area contributed by atoms with Gasteiger partial charge < -0.3 is 4.74 Å². The van der Waals surface area contributed by atoms with Gasteiger partial charge in [-0.25, -0.2) is 16.3 Å². The van der Waals surface area contributed by atoms with Crippen LogP contribution in [-0.4, -0.2) is 24.8 Å². The van der Waals surface area contributed by atoms with Gasteiger partial charge in [-0.05, 0) is 42.7 Å². The van der Waals surface area contributed by atoms with E-state index < -0.39 is 0 Å². The second kappa shape index (κ2) is 9.89. The lowest BCUT2D eigenvalue weighted by Gasteiger charge is -2.11. The molecule has 3 rings (SSSR count). The molecule has 28 heavy (non-hydrogen) atoms. The van der Waals surface area contributed by atoms with Gasteiger partial charge in [0.05, 0.1) is 17.8 Å². The number of ether oxygens (including phenoxy) is 1. The first-order valence-corrected chi connectivity index (χ1v) is 9.84. The number of hydrogen-bond acceptors (Lipinski definition) is 5. The Kier molecular flexibility index (Phi) is 7.28. The molecule has 148 valence electrons. The average molecular weight is 421 g/mol. The predicted octanol–water partition coefficient (Wildman–Crippen LogP) is 3.84. The molecule has 2 aromatic rings. The second-order valence-corrected chi connectivity index (χ2v) is 7.29. The SMILES string of the molecule is CCCOc1ccc(C2CC(C(=O)N/N=C/c3ccc(Cl)cc3Cl)NN2)cc1. The Bertz CT molecular complexity index is 843. The van der Waals surface area contributed by atoms with Crippen LogP contribution in [0.15, 0.2) is 47.6 Å². The Hall–Kier alpha value is -2.12. The summed E-state index contributed by atoms with van der Waals surface area (Å²) in [6, 6.07) is 12.6. The molecule has 0 radical (unpaired) electrons. The van der Waals surface area contributed by atoms with E-state index in [1.54, 1.807) is 18.2 Å². The normalized spacial score (nSPS) is 19.1. The molecule has 2 aromatic carbocycles. The van der Waals surface area contributed by atoms with Gasteiger partial charge >= 0.3 is 0 Å². The highest BCUT2D eigenvalue weighted by atomic mass is 35.5. The Morgan fingerprint density at radius 1 is 1.25 bits per heavy atom. The van der Waals surface area contributed by atoms with Crippen LogP contribution in [0.25, 0.3) is 0 Å². The number of carbonyl (C=O) groups excluding carboxylic acids is 1. The lowest BCUT2D eigenvalue weighted by atomic mass is 10.0. The summed E-state index contributed by atoms with van der Waals surface area (Å²) in [4.78, 5) is 12.3. The van der Waals surface area contributed by atoms with Crippen LogP contribution in [0.3, 0.4) is 0 Å². The molecule has 1 amide bonds. The van der Waals surface area contributed by atoms with E-state index in [1.807, 2.05) is 24.3 Å². The number of nitrogens with one attached hydrogen (secondary N) is 3. The Morgan fingerprint density at radius 2 is 2.04 bits per heavy atom. The molecule has 0 bridgehead atoms. The van der Waals surface area contributed by atoms with Crippen molar-refractivity contribution in [2.24, 2.45) is 5.10 Å². The molecule has 0 saturated carbocycles. The molecule has 1 aliphatic rings. The largest absolute Gasteiger partial charge is 0.494 e. The van der Waals surface area contributed by atoms with Crippen molar-refractivity contribution in [1.29, 1.82) is 0 Å². The number of hydrazine groups is 1. The maximum absolute atomic E-state index is 12.3. The molecule has 1 heterocycles. The third kappa shape index (κ3) is 5.45. The van der Waals surface area contributed by atoms with Crippen LogP contribution in [0.5, 0.6) is 5.75 Å². The molecule has 1 saturated heterocycles. The van der Waals surface area contributed by atoms with Crippen molar-refractivity contribution in [3.05, 3.63) is 63.6 Å². The fourth-order valence-electron chi connectivity index (χ4n) is 2.81. The first-order chi connectivity index (χ1) is 13.6. The maximum Gasteiger partial charge on any atom is 0.258 e. The second-order valence-electron chi connectivity index (χ2n) is 6.45. The zero-order chi connectivity index (χ0) is 19.9. The molecule has 6 nitrogen and oxygen atoms in total. The van der Waals surface area contributed by atoms with E-state index in [-0.39, 0.29) is 18.0 Å². The molecule has 2 atom stereocenters. The molecule has 0 spiro atoms. The lowest BCUT2D eigenvalue weighted by molar-refractivity contribution is -0.122. The fraction of sp³-hybridized carbons (Fsp3) is 0.300. The van der Waals surface area contributed by atoms with E-state index in [1.165, 1.54) is 6.21 Å². The highest BCUT2D eigenvalue weighted by molar-refractivity contribution is 6.36. The topological polar surface area (TPSA) is 74.8 Å². The zero-order valence-electron chi connectivity index (χ0n) is 15.4. The van der Waals surface area contributed by atoms with Crippen molar-refractivity contribution in [2.75, 3.05) is 6.61 Å². The van der Waals surface area contributed by atoms with Crippen molar-refractivity contribution in [2.45, 2.75) is 31.8 Å².